The molecule has 0 unspecified atom stereocenters. The van der Waals surface area contributed by atoms with Gasteiger partial charge in [0.2, 0.25) is 0 Å². The van der Waals surface area contributed by atoms with Crippen molar-refractivity contribution in [2.24, 2.45) is 5.73 Å². The Kier molecular flexibility index (Phi) is 3.62. The van der Waals surface area contributed by atoms with Gasteiger partial charge in [0.1, 0.15) is 0 Å². The number of rotatable bonds is 3. The number of hydrogen-bond acceptors (Lipinski definition) is 3. The molecule has 72 valence electrons. The molecule has 0 aromatic heterocycles. The van der Waals surface area contributed by atoms with E-state index < -0.39 is 11.0 Å². The quantitative estimate of drug-likeness (QED) is 0.762. The summed E-state index contributed by atoms with van der Waals surface area (Å²) in [6, 6.07) is 8.75. The van der Waals surface area contributed by atoms with Gasteiger partial charge in [-0.2, -0.15) is 0 Å². The lowest BCUT2D eigenvalue weighted by atomic mass is 10.0. The highest BCUT2D eigenvalue weighted by atomic mass is 35.7. The van der Waals surface area contributed by atoms with Crippen molar-refractivity contribution in [1.82, 2.24) is 0 Å². The number of benzene rings is 1. The molecule has 0 aliphatic carbocycles. The molecule has 3 N–H and O–H groups in total. The third-order valence-electron chi connectivity index (χ3n) is 1.92. The SMILES string of the molecule is C[C@@H](N)[C@@](O)(SCl)c1ccccc1. The van der Waals surface area contributed by atoms with Crippen LogP contribution in [-0.2, 0) is 4.93 Å². The highest BCUT2D eigenvalue weighted by molar-refractivity contribution is 8.21. The Morgan fingerprint density at radius 2 is 2.00 bits per heavy atom. The first-order valence-corrected chi connectivity index (χ1v) is 5.58. The van der Waals surface area contributed by atoms with Crippen LogP contribution in [0, 0.1) is 0 Å². The molecule has 0 heterocycles. The van der Waals surface area contributed by atoms with Gasteiger partial charge in [0.05, 0.1) is 0 Å². The lowest BCUT2D eigenvalue weighted by Gasteiger charge is -2.28. The van der Waals surface area contributed by atoms with Crippen molar-refractivity contribution in [3.05, 3.63) is 35.9 Å². The standard InChI is InChI=1S/C9H12ClNOS/c1-7(11)9(12,13-10)8-5-3-2-4-6-8/h2-7,12H,11H2,1H3/t7-,9-/m1/s1. The Balaban J connectivity index is 3.03. The van der Waals surface area contributed by atoms with Crippen molar-refractivity contribution in [3.8, 4) is 0 Å². The zero-order valence-electron chi connectivity index (χ0n) is 7.27. The third-order valence-corrected chi connectivity index (χ3v) is 3.47. The first-order valence-electron chi connectivity index (χ1n) is 3.94. The normalized spacial score (nSPS) is 17.8. The zero-order chi connectivity index (χ0) is 9.90. The lowest BCUT2D eigenvalue weighted by Crippen LogP contribution is -2.39. The van der Waals surface area contributed by atoms with E-state index in [0.29, 0.717) is 0 Å². The third kappa shape index (κ3) is 2.17. The number of hydrogen-bond donors (Lipinski definition) is 2. The van der Waals surface area contributed by atoms with E-state index in [9.17, 15) is 5.11 Å². The minimum Gasteiger partial charge on any atom is -0.372 e. The maximum absolute atomic E-state index is 10.1. The van der Waals surface area contributed by atoms with Crippen LogP contribution in [0.2, 0.25) is 0 Å². The van der Waals surface area contributed by atoms with Gasteiger partial charge in [-0.3, -0.25) is 0 Å². The van der Waals surface area contributed by atoms with Gasteiger partial charge in [-0.15, -0.1) is 0 Å². The van der Waals surface area contributed by atoms with E-state index in [0.717, 1.165) is 16.5 Å². The lowest BCUT2D eigenvalue weighted by molar-refractivity contribution is 0.115. The van der Waals surface area contributed by atoms with Gasteiger partial charge in [-0.1, -0.05) is 30.3 Å². The highest BCUT2D eigenvalue weighted by Gasteiger charge is 2.33. The van der Waals surface area contributed by atoms with Gasteiger partial charge >= 0.3 is 0 Å². The molecule has 0 aliphatic rings. The van der Waals surface area contributed by atoms with Crippen molar-refractivity contribution in [2.75, 3.05) is 0 Å². The van der Waals surface area contributed by atoms with Crippen LogP contribution in [0.3, 0.4) is 0 Å². The van der Waals surface area contributed by atoms with Gasteiger partial charge < -0.3 is 10.8 Å². The molecule has 0 saturated heterocycles. The Hall–Kier alpha value is -0.220. The first-order chi connectivity index (χ1) is 6.11. The van der Waals surface area contributed by atoms with Gasteiger partial charge in [-0.05, 0) is 34.1 Å². The second kappa shape index (κ2) is 4.33. The van der Waals surface area contributed by atoms with Gasteiger partial charge in [0, 0.05) is 6.04 Å². The number of aliphatic hydroxyl groups is 1. The van der Waals surface area contributed by atoms with E-state index in [1.165, 1.54) is 0 Å². The zero-order valence-corrected chi connectivity index (χ0v) is 8.85. The van der Waals surface area contributed by atoms with Crippen LogP contribution in [-0.4, -0.2) is 11.1 Å². The molecule has 13 heavy (non-hydrogen) atoms. The van der Waals surface area contributed by atoms with Crippen molar-refractivity contribution in [2.45, 2.75) is 17.9 Å². The molecule has 0 saturated carbocycles. The van der Waals surface area contributed by atoms with Crippen molar-refractivity contribution in [3.63, 3.8) is 0 Å². The monoisotopic (exact) mass is 217 g/mol. The minimum atomic E-state index is -1.21. The molecule has 2 atom stereocenters. The Bertz CT molecular complexity index is 268. The average molecular weight is 218 g/mol. The molecule has 2 nitrogen and oxygen atoms in total. The predicted octanol–water partition coefficient (Wildman–Crippen LogP) is 2.07. The summed E-state index contributed by atoms with van der Waals surface area (Å²) in [4.78, 5) is -1.21. The predicted molar refractivity (Wildman–Crippen MR) is 57.4 cm³/mol. The maximum Gasteiger partial charge on any atom is 0.165 e. The summed E-state index contributed by atoms with van der Waals surface area (Å²) >= 11 is 0. The van der Waals surface area contributed by atoms with Crippen LogP contribution in [0.25, 0.3) is 0 Å². The smallest absolute Gasteiger partial charge is 0.165 e. The molecular formula is C9H12ClNOS. The number of halogens is 1. The molecule has 0 amide bonds. The highest BCUT2D eigenvalue weighted by Crippen LogP contribution is 2.38. The van der Waals surface area contributed by atoms with Crippen LogP contribution in [0.1, 0.15) is 12.5 Å². The van der Waals surface area contributed by atoms with Gasteiger partial charge in [0.25, 0.3) is 0 Å². The Labute approximate surface area is 86.6 Å². The fourth-order valence-corrected chi connectivity index (χ4v) is 2.11. The second-order valence-electron chi connectivity index (χ2n) is 2.93. The van der Waals surface area contributed by atoms with E-state index in [1.807, 2.05) is 18.2 Å². The summed E-state index contributed by atoms with van der Waals surface area (Å²) in [6.45, 7) is 1.72. The van der Waals surface area contributed by atoms with E-state index in [4.69, 9.17) is 16.4 Å². The molecule has 1 aromatic carbocycles. The molecule has 1 aromatic rings. The topological polar surface area (TPSA) is 46.2 Å². The first kappa shape index (κ1) is 10.9. The van der Waals surface area contributed by atoms with Crippen LogP contribution >= 0.6 is 21.7 Å². The van der Waals surface area contributed by atoms with Gasteiger partial charge in [0.15, 0.2) is 4.93 Å². The van der Waals surface area contributed by atoms with Crippen LogP contribution < -0.4 is 5.73 Å². The Morgan fingerprint density at radius 3 is 2.38 bits per heavy atom. The molecular weight excluding hydrogens is 206 g/mol. The van der Waals surface area contributed by atoms with E-state index in [-0.39, 0.29) is 0 Å². The van der Waals surface area contributed by atoms with Crippen LogP contribution in [0.15, 0.2) is 30.3 Å². The summed E-state index contributed by atoms with van der Waals surface area (Å²) in [5.74, 6) is 0. The molecule has 1 rings (SSSR count). The molecule has 0 aliphatic heterocycles. The summed E-state index contributed by atoms with van der Waals surface area (Å²) in [5, 5.41) is 10.1. The average Bonchev–Trinajstić information content (AvgIpc) is 2.17. The molecule has 0 bridgehead atoms. The van der Waals surface area contributed by atoms with Crippen molar-refractivity contribution >= 4 is 21.7 Å². The van der Waals surface area contributed by atoms with Crippen molar-refractivity contribution in [1.29, 1.82) is 0 Å². The fourth-order valence-electron chi connectivity index (χ4n) is 1.05. The van der Waals surface area contributed by atoms with Crippen LogP contribution in [0.4, 0.5) is 0 Å². The summed E-state index contributed by atoms with van der Waals surface area (Å²) in [7, 11) is 6.46. The van der Waals surface area contributed by atoms with E-state index in [2.05, 4.69) is 0 Å². The largest absolute Gasteiger partial charge is 0.372 e. The molecule has 0 fully saturated rings. The van der Waals surface area contributed by atoms with Crippen LogP contribution in [0.5, 0.6) is 0 Å². The molecule has 0 radical (unpaired) electrons. The fraction of sp³-hybridized carbons (Fsp3) is 0.333. The summed E-state index contributed by atoms with van der Waals surface area (Å²) < 4.78 is 0. The Morgan fingerprint density at radius 1 is 1.46 bits per heavy atom. The summed E-state index contributed by atoms with van der Waals surface area (Å²) in [6.07, 6.45) is 0. The van der Waals surface area contributed by atoms with Gasteiger partial charge in [-0.25, -0.2) is 0 Å². The molecule has 0 spiro atoms. The second-order valence-corrected chi connectivity index (χ2v) is 4.17. The molecule has 4 heteroatoms. The number of nitrogens with two attached hydrogens (primary N) is 1. The summed E-state index contributed by atoms with van der Waals surface area (Å²) in [5.41, 5.74) is 6.39. The van der Waals surface area contributed by atoms with E-state index in [1.54, 1.807) is 19.1 Å². The maximum atomic E-state index is 10.1. The minimum absolute atomic E-state index is 0.419. The van der Waals surface area contributed by atoms with Crippen molar-refractivity contribution < 1.29 is 5.11 Å². The van der Waals surface area contributed by atoms with E-state index >= 15 is 0 Å².